The molecule has 0 unspecified atom stereocenters. The minimum absolute atomic E-state index is 0.0286. The molecule has 1 aliphatic heterocycles. The molecule has 0 bridgehead atoms. The van der Waals surface area contributed by atoms with Crippen LogP contribution < -0.4 is 10.6 Å². The second-order valence-electron chi connectivity index (χ2n) is 7.29. The first-order valence-electron chi connectivity index (χ1n) is 10.1. The summed E-state index contributed by atoms with van der Waals surface area (Å²) in [5.41, 5.74) is 1.62. The number of hydrogen-bond donors (Lipinski definition) is 2. The van der Waals surface area contributed by atoms with Crippen LogP contribution in [0.5, 0.6) is 0 Å². The van der Waals surface area contributed by atoms with Crippen LogP contribution >= 0.6 is 0 Å². The van der Waals surface area contributed by atoms with Gasteiger partial charge in [-0.1, -0.05) is 31.2 Å². The molecule has 0 aromatic heterocycles. The number of rotatable bonds is 8. The zero-order chi connectivity index (χ0) is 21.7. The molecule has 7 heteroatoms. The van der Waals surface area contributed by atoms with Crippen LogP contribution in [0.1, 0.15) is 64.2 Å². The summed E-state index contributed by atoms with van der Waals surface area (Å²) in [6, 6.07) is 13.5. The summed E-state index contributed by atoms with van der Waals surface area (Å²) in [6.07, 6.45) is 1.26. The maximum absolute atomic E-state index is 12.4. The maximum Gasteiger partial charge on any atom is 0.261 e. The predicted octanol–water partition coefficient (Wildman–Crippen LogP) is 3.23. The van der Waals surface area contributed by atoms with E-state index in [1.165, 1.54) is 4.90 Å². The van der Waals surface area contributed by atoms with E-state index in [2.05, 4.69) is 10.6 Å². The van der Waals surface area contributed by atoms with Crippen molar-refractivity contribution in [3.8, 4) is 0 Å². The normalized spacial score (nSPS) is 13.7. The number of imide groups is 1. The number of carbonyl (C=O) groups is 4. The topological polar surface area (TPSA) is 95.6 Å². The molecule has 0 aliphatic carbocycles. The Bertz CT molecular complexity index is 951. The Morgan fingerprint density at radius 3 is 2.20 bits per heavy atom. The molecule has 1 aliphatic rings. The SMILES string of the molecule is CC[C@H](C)NC(=O)c1ccccc1NC(=O)CCCN1C(=O)c2ccccc2C1=O. The molecule has 0 fully saturated rings. The van der Waals surface area contributed by atoms with Crippen LogP contribution in [0, 0.1) is 0 Å². The van der Waals surface area contributed by atoms with Crippen molar-refractivity contribution >= 4 is 29.3 Å². The first-order valence-corrected chi connectivity index (χ1v) is 10.1. The third kappa shape index (κ3) is 4.56. The lowest BCUT2D eigenvalue weighted by Gasteiger charge is -2.15. The maximum atomic E-state index is 12.4. The van der Waals surface area contributed by atoms with Gasteiger partial charge in [0, 0.05) is 19.0 Å². The lowest BCUT2D eigenvalue weighted by molar-refractivity contribution is -0.116. The molecule has 30 heavy (non-hydrogen) atoms. The van der Waals surface area contributed by atoms with E-state index in [0.717, 1.165) is 6.42 Å². The number of para-hydroxylation sites is 1. The largest absolute Gasteiger partial charge is 0.350 e. The molecular weight excluding hydrogens is 382 g/mol. The van der Waals surface area contributed by atoms with Gasteiger partial charge in [-0.2, -0.15) is 0 Å². The van der Waals surface area contributed by atoms with E-state index in [4.69, 9.17) is 0 Å². The molecule has 7 nitrogen and oxygen atoms in total. The summed E-state index contributed by atoms with van der Waals surface area (Å²) in [5.74, 6) is -1.19. The van der Waals surface area contributed by atoms with Crippen molar-refractivity contribution in [3.05, 3.63) is 65.2 Å². The van der Waals surface area contributed by atoms with Gasteiger partial charge in [0.2, 0.25) is 5.91 Å². The number of fused-ring (bicyclic) bond motifs is 1. The quantitative estimate of drug-likeness (QED) is 0.657. The van der Waals surface area contributed by atoms with Gasteiger partial charge >= 0.3 is 0 Å². The van der Waals surface area contributed by atoms with Crippen molar-refractivity contribution in [2.24, 2.45) is 0 Å². The highest BCUT2D eigenvalue weighted by atomic mass is 16.2. The predicted molar refractivity (Wildman–Crippen MR) is 113 cm³/mol. The highest BCUT2D eigenvalue weighted by molar-refractivity contribution is 6.21. The third-order valence-corrected chi connectivity index (χ3v) is 5.10. The Kier molecular flexibility index (Phi) is 6.61. The van der Waals surface area contributed by atoms with Gasteiger partial charge in [-0.25, -0.2) is 0 Å². The average Bonchev–Trinajstić information content (AvgIpc) is 2.99. The number of benzene rings is 2. The van der Waals surface area contributed by atoms with E-state index >= 15 is 0 Å². The number of amides is 4. The lowest BCUT2D eigenvalue weighted by Crippen LogP contribution is -2.33. The molecule has 0 spiro atoms. The Morgan fingerprint density at radius 1 is 0.967 bits per heavy atom. The fourth-order valence-corrected chi connectivity index (χ4v) is 3.25. The average molecular weight is 407 g/mol. The van der Waals surface area contributed by atoms with Gasteiger partial charge in [0.15, 0.2) is 0 Å². The van der Waals surface area contributed by atoms with Gasteiger partial charge in [0.25, 0.3) is 17.7 Å². The third-order valence-electron chi connectivity index (χ3n) is 5.10. The highest BCUT2D eigenvalue weighted by Gasteiger charge is 2.34. The number of hydrogen-bond acceptors (Lipinski definition) is 4. The number of nitrogens with zero attached hydrogens (tertiary/aromatic N) is 1. The molecule has 0 saturated carbocycles. The van der Waals surface area contributed by atoms with Crippen LogP contribution in [0.25, 0.3) is 0 Å². The van der Waals surface area contributed by atoms with E-state index in [-0.39, 0.29) is 42.6 Å². The number of nitrogens with one attached hydrogen (secondary N) is 2. The summed E-state index contributed by atoms with van der Waals surface area (Å²) in [4.78, 5) is 50.7. The van der Waals surface area contributed by atoms with Crippen molar-refractivity contribution in [2.45, 2.75) is 39.2 Å². The standard InChI is InChI=1S/C23H25N3O4/c1-3-15(2)24-21(28)18-11-6-7-12-19(18)25-20(27)13-8-14-26-22(29)16-9-4-5-10-17(16)23(26)30/h4-7,9-12,15H,3,8,13-14H2,1-2H3,(H,24,28)(H,25,27)/t15-/m0/s1. The molecule has 1 atom stereocenters. The van der Waals surface area contributed by atoms with Crippen LogP contribution in [0.4, 0.5) is 5.69 Å². The first-order chi connectivity index (χ1) is 14.4. The lowest BCUT2D eigenvalue weighted by atomic mass is 10.1. The fraction of sp³-hybridized carbons (Fsp3) is 0.304. The highest BCUT2D eigenvalue weighted by Crippen LogP contribution is 2.23. The van der Waals surface area contributed by atoms with E-state index in [1.807, 2.05) is 13.8 Å². The Hall–Kier alpha value is -3.48. The molecule has 156 valence electrons. The van der Waals surface area contributed by atoms with Crippen molar-refractivity contribution in [2.75, 3.05) is 11.9 Å². The zero-order valence-corrected chi connectivity index (χ0v) is 17.1. The second-order valence-corrected chi connectivity index (χ2v) is 7.29. The van der Waals surface area contributed by atoms with E-state index < -0.39 is 0 Å². The summed E-state index contributed by atoms with van der Waals surface area (Å²) in [5, 5.41) is 5.65. The minimum atomic E-state index is -0.330. The Labute approximate surface area is 175 Å². The molecule has 0 radical (unpaired) electrons. The smallest absolute Gasteiger partial charge is 0.261 e. The molecule has 3 rings (SSSR count). The summed E-state index contributed by atoms with van der Waals surface area (Å²) in [6.45, 7) is 4.06. The van der Waals surface area contributed by atoms with Gasteiger partial charge in [0.1, 0.15) is 0 Å². The Morgan fingerprint density at radius 2 is 1.57 bits per heavy atom. The molecule has 4 amide bonds. The van der Waals surface area contributed by atoms with Gasteiger partial charge < -0.3 is 10.6 Å². The summed E-state index contributed by atoms with van der Waals surface area (Å²) < 4.78 is 0. The van der Waals surface area contributed by atoms with E-state index in [0.29, 0.717) is 28.8 Å². The van der Waals surface area contributed by atoms with E-state index in [9.17, 15) is 19.2 Å². The van der Waals surface area contributed by atoms with Crippen molar-refractivity contribution in [1.29, 1.82) is 0 Å². The molecule has 2 aromatic carbocycles. The van der Waals surface area contributed by atoms with Gasteiger partial charge in [-0.05, 0) is 44.0 Å². The monoisotopic (exact) mass is 407 g/mol. The van der Waals surface area contributed by atoms with Crippen molar-refractivity contribution in [1.82, 2.24) is 10.2 Å². The summed E-state index contributed by atoms with van der Waals surface area (Å²) >= 11 is 0. The number of anilines is 1. The zero-order valence-electron chi connectivity index (χ0n) is 17.1. The summed E-state index contributed by atoms with van der Waals surface area (Å²) in [7, 11) is 0. The Balaban J connectivity index is 1.56. The number of carbonyl (C=O) groups excluding carboxylic acids is 4. The minimum Gasteiger partial charge on any atom is -0.350 e. The van der Waals surface area contributed by atoms with Crippen LogP contribution in [0.15, 0.2) is 48.5 Å². The van der Waals surface area contributed by atoms with Gasteiger partial charge in [-0.3, -0.25) is 24.1 Å². The van der Waals surface area contributed by atoms with Crippen LogP contribution in [-0.4, -0.2) is 41.1 Å². The first kappa shape index (κ1) is 21.2. The molecule has 1 heterocycles. The van der Waals surface area contributed by atoms with Crippen molar-refractivity contribution in [3.63, 3.8) is 0 Å². The van der Waals surface area contributed by atoms with Crippen LogP contribution in [-0.2, 0) is 4.79 Å². The fourth-order valence-electron chi connectivity index (χ4n) is 3.25. The van der Waals surface area contributed by atoms with E-state index in [1.54, 1.807) is 48.5 Å². The van der Waals surface area contributed by atoms with Gasteiger partial charge in [0.05, 0.1) is 22.4 Å². The van der Waals surface area contributed by atoms with Crippen molar-refractivity contribution < 1.29 is 19.2 Å². The van der Waals surface area contributed by atoms with Crippen LogP contribution in [0.2, 0.25) is 0 Å². The van der Waals surface area contributed by atoms with Gasteiger partial charge in [-0.15, -0.1) is 0 Å². The molecule has 0 saturated heterocycles. The second kappa shape index (κ2) is 9.35. The molecule has 2 N–H and O–H groups in total. The molecule has 2 aromatic rings. The molecular formula is C23H25N3O4. The van der Waals surface area contributed by atoms with Crippen LogP contribution in [0.3, 0.4) is 0 Å².